The Balaban J connectivity index is 1.93. The third kappa shape index (κ3) is 5.57. The summed E-state index contributed by atoms with van der Waals surface area (Å²) in [5.41, 5.74) is 1.71. The maximum atomic E-state index is 12.1. The normalized spacial score (nSPS) is 11.6. The molecule has 0 aromatic heterocycles. The second kappa shape index (κ2) is 9.03. The first-order valence-electron chi connectivity index (χ1n) is 7.76. The Labute approximate surface area is 166 Å². The molecule has 0 aliphatic rings. The number of nitrogens with zero attached hydrogens (tertiary/aromatic N) is 1. The summed E-state index contributed by atoms with van der Waals surface area (Å²) in [7, 11) is -0.557. The molecule has 0 atom stereocenters. The van der Waals surface area contributed by atoms with E-state index in [2.05, 4.69) is 15.9 Å². The number of halogens is 1. The summed E-state index contributed by atoms with van der Waals surface area (Å²) in [6, 6.07) is 12.3. The molecule has 0 bridgehead atoms. The van der Waals surface area contributed by atoms with Crippen molar-refractivity contribution in [3.05, 3.63) is 58.1 Å². The fourth-order valence-electron chi connectivity index (χ4n) is 2.12. The van der Waals surface area contributed by atoms with E-state index in [1.54, 1.807) is 12.1 Å². The Morgan fingerprint density at radius 3 is 2.58 bits per heavy atom. The molecule has 0 spiro atoms. The van der Waals surface area contributed by atoms with E-state index in [-0.39, 0.29) is 23.2 Å². The minimum absolute atomic E-state index is 0.0372. The van der Waals surface area contributed by atoms with Crippen molar-refractivity contribution >= 4 is 43.7 Å². The fraction of sp³-hybridized carbons (Fsp3) is 0.278. The number of sulfonamides is 1. The Hall–Kier alpha value is -1.35. The Morgan fingerprint density at radius 2 is 1.92 bits per heavy atom. The lowest BCUT2D eigenvalue weighted by Crippen LogP contribution is -2.22. The molecule has 140 valence electrons. The number of thioether (sulfide) groups is 1. The van der Waals surface area contributed by atoms with Gasteiger partial charge in [0, 0.05) is 23.5 Å². The molecular formula is C18H20BrNO4S2. The van der Waals surface area contributed by atoms with Gasteiger partial charge in [0.15, 0.2) is 0 Å². The highest BCUT2D eigenvalue weighted by Crippen LogP contribution is 2.25. The summed E-state index contributed by atoms with van der Waals surface area (Å²) in [6.07, 6.45) is 0. The van der Waals surface area contributed by atoms with Crippen molar-refractivity contribution in [1.29, 1.82) is 0 Å². The Kier molecular flexibility index (Phi) is 7.28. The molecule has 0 saturated carbocycles. The quantitative estimate of drug-likeness (QED) is 0.466. The number of aryl methyl sites for hydroxylation is 1. The first-order chi connectivity index (χ1) is 12.2. The van der Waals surface area contributed by atoms with Gasteiger partial charge in [0.25, 0.3) is 0 Å². The van der Waals surface area contributed by atoms with E-state index in [1.807, 2.05) is 25.1 Å². The molecule has 0 aliphatic heterocycles. The van der Waals surface area contributed by atoms with Crippen molar-refractivity contribution in [3.8, 4) is 0 Å². The van der Waals surface area contributed by atoms with Gasteiger partial charge >= 0.3 is 5.97 Å². The number of hydrogen-bond acceptors (Lipinski definition) is 5. The van der Waals surface area contributed by atoms with Crippen molar-refractivity contribution in [1.82, 2.24) is 4.31 Å². The molecule has 0 N–H and O–H groups in total. The summed E-state index contributed by atoms with van der Waals surface area (Å²) in [4.78, 5) is 13.2. The average molecular weight is 458 g/mol. The van der Waals surface area contributed by atoms with E-state index in [0.717, 1.165) is 19.2 Å². The predicted molar refractivity (Wildman–Crippen MR) is 107 cm³/mol. The van der Waals surface area contributed by atoms with Gasteiger partial charge in [0.1, 0.15) is 6.61 Å². The van der Waals surface area contributed by atoms with Crippen LogP contribution in [0.3, 0.4) is 0 Å². The Morgan fingerprint density at radius 1 is 1.19 bits per heavy atom. The summed E-state index contributed by atoms with van der Waals surface area (Å²) in [5, 5.41) is 0. The van der Waals surface area contributed by atoms with Crippen molar-refractivity contribution in [2.24, 2.45) is 0 Å². The molecule has 8 heteroatoms. The largest absolute Gasteiger partial charge is 0.460 e. The number of carbonyl (C=O) groups is 1. The maximum absolute atomic E-state index is 12.1. The number of ether oxygens (including phenoxy) is 1. The zero-order valence-electron chi connectivity index (χ0n) is 14.7. The van der Waals surface area contributed by atoms with Crippen LogP contribution < -0.4 is 0 Å². The molecule has 0 unspecified atom stereocenters. The maximum Gasteiger partial charge on any atom is 0.316 e. The van der Waals surface area contributed by atoms with E-state index in [0.29, 0.717) is 5.56 Å². The predicted octanol–water partition coefficient (Wildman–Crippen LogP) is 3.84. The lowest BCUT2D eigenvalue weighted by Gasteiger charge is -2.12. The smallest absolute Gasteiger partial charge is 0.316 e. The van der Waals surface area contributed by atoms with Gasteiger partial charge in [0.05, 0.1) is 10.6 Å². The highest BCUT2D eigenvalue weighted by atomic mass is 79.9. The van der Waals surface area contributed by atoms with Gasteiger partial charge in [-0.05, 0) is 48.4 Å². The van der Waals surface area contributed by atoms with Crippen LogP contribution in [0.1, 0.15) is 11.1 Å². The van der Waals surface area contributed by atoms with Gasteiger partial charge in [-0.2, -0.15) is 0 Å². The number of hydrogen-bond donors (Lipinski definition) is 0. The third-order valence-corrected chi connectivity index (χ3v) is 7.01. The standard InChI is InChI=1S/C18H20BrNO4S2/c1-13-9-15(19)7-8-17(13)25-12-18(21)24-11-14-5-4-6-16(10-14)26(22,23)20(2)3/h4-10H,11-12H2,1-3H3. The molecule has 26 heavy (non-hydrogen) atoms. The molecule has 0 radical (unpaired) electrons. The summed E-state index contributed by atoms with van der Waals surface area (Å²) in [6.45, 7) is 2.02. The minimum Gasteiger partial charge on any atom is -0.460 e. The van der Waals surface area contributed by atoms with E-state index in [4.69, 9.17) is 4.74 Å². The molecule has 2 rings (SSSR count). The van der Waals surface area contributed by atoms with Crippen LogP contribution in [0.2, 0.25) is 0 Å². The molecular weight excluding hydrogens is 438 g/mol. The summed E-state index contributed by atoms with van der Waals surface area (Å²) < 4.78 is 31.7. The monoisotopic (exact) mass is 457 g/mol. The molecule has 2 aromatic carbocycles. The van der Waals surface area contributed by atoms with Gasteiger partial charge in [-0.1, -0.05) is 28.1 Å². The van der Waals surface area contributed by atoms with Crippen LogP contribution in [0.5, 0.6) is 0 Å². The molecule has 2 aromatic rings. The van der Waals surface area contributed by atoms with E-state index in [9.17, 15) is 13.2 Å². The molecule has 0 saturated heterocycles. The van der Waals surface area contributed by atoms with Crippen LogP contribution in [0, 0.1) is 6.92 Å². The highest BCUT2D eigenvalue weighted by molar-refractivity contribution is 9.10. The van der Waals surface area contributed by atoms with E-state index >= 15 is 0 Å². The first-order valence-corrected chi connectivity index (χ1v) is 11.0. The van der Waals surface area contributed by atoms with Crippen molar-refractivity contribution in [3.63, 3.8) is 0 Å². The van der Waals surface area contributed by atoms with Crippen LogP contribution in [-0.2, 0) is 26.2 Å². The van der Waals surface area contributed by atoms with Crippen molar-refractivity contribution in [2.75, 3.05) is 19.8 Å². The fourth-order valence-corrected chi connectivity index (χ4v) is 4.38. The van der Waals surface area contributed by atoms with Crippen LogP contribution in [0.25, 0.3) is 0 Å². The Bertz CT molecular complexity index is 898. The third-order valence-electron chi connectivity index (χ3n) is 3.56. The number of rotatable bonds is 7. The number of esters is 1. The lowest BCUT2D eigenvalue weighted by molar-refractivity contribution is -0.141. The number of benzene rings is 2. The van der Waals surface area contributed by atoms with Crippen LogP contribution in [0.4, 0.5) is 0 Å². The summed E-state index contributed by atoms with van der Waals surface area (Å²) >= 11 is 4.82. The zero-order valence-corrected chi connectivity index (χ0v) is 17.9. The second-order valence-electron chi connectivity index (χ2n) is 5.79. The van der Waals surface area contributed by atoms with Crippen LogP contribution >= 0.6 is 27.7 Å². The van der Waals surface area contributed by atoms with Crippen molar-refractivity contribution < 1.29 is 17.9 Å². The van der Waals surface area contributed by atoms with Gasteiger partial charge in [0.2, 0.25) is 10.0 Å². The van der Waals surface area contributed by atoms with Gasteiger partial charge < -0.3 is 4.74 Å². The topological polar surface area (TPSA) is 63.7 Å². The minimum atomic E-state index is -3.51. The van der Waals surface area contributed by atoms with Crippen LogP contribution in [0.15, 0.2) is 56.7 Å². The molecule has 0 heterocycles. The van der Waals surface area contributed by atoms with E-state index < -0.39 is 10.0 Å². The molecule has 0 amide bonds. The van der Waals surface area contributed by atoms with Gasteiger partial charge in [-0.15, -0.1) is 11.8 Å². The molecule has 0 fully saturated rings. The lowest BCUT2D eigenvalue weighted by atomic mass is 10.2. The second-order valence-corrected chi connectivity index (χ2v) is 9.88. The first kappa shape index (κ1) is 21.0. The zero-order chi connectivity index (χ0) is 19.3. The highest BCUT2D eigenvalue weighted by Gasteiger charge is 2.17. The van der Waals surface area contributed by atoms with Crippen LogP contribution in [-0.4, -0.2) is 38.5 Å². The van der Waals surface area contributed by atoms with Crippen molar-refractivity contribution in [2.45, 2.75) is 23.3 Å². The van der Waals surface area contributed by atoms with Gasteiger partial charge in [-0.25, -0.2) is 12.7 Å². The SMILES string of the molecule is Cc1cc(Br)ccc1SCC(=O)OCc1cccc(S(=O)(=O)N(C)C)c1. The van der Waals surface area contributed by atoms with Gasteiger partial charge in [-0.3, -0.25) is 4.79 Å². The average Bonchev–Trinajstić information content (AvgIpc) is 2.59. The van der Waals surface area contributed by atoms with E-state index in [1.165, 1.54) is 38.0 Å². The number of carbonyl (C=O) groups excluding carboxylic acids is 1. The molecule has 0 aliphatic carbocycles. The molecule has 5 nitrogen and oxygen atoms in total. The summed E-state index contributed by atoms with van der Waals surface area (Å²) in [5.74, 6) is -0.156.